The highest BCUT2D eigenvalue weighted by Crippen LogP contribution is 2.27. The van der Waals surface area contributed by atoms with Crippen LogP contribution in [0.1, 0.15) is 24.2 Å². The van der Waals surface area contributed by atoms with Crippen molar-refractivity contribution in [2.75, 3.05) is 18.1 Å². The van der Waals surface area contributed by atoms with Crippen molar-refractivity contribution < 1.29 is 10.2 Å². The Bertz CT molecular complexity index is 526. The van der Waals surface area contributed by atoms with E-state index in [0.29, 0.717) is 13.1 Å². The maximum absolute atomic E-state index is 9.90. The molecule has 2 N–H and O–H groups in total. The second kappa shape index (κ2) is 7.08. The van der Waals surface area contributed by atoms with Crippen LogP contribution in [-0.2, 0) is 6.54 Å². The molecule has 0 aliphatic carbocycles. The van der Waals surface area contributed by atoms with Crippen LogP contribution in [0.2, 0.25) is 0 Å². The summed E-state index contributed by atoms with van der Waals surface area (Å²) in [5, 5.41) is 19.2. The lowest BCUT2D eigenvalue weighted by molar-refractivity contribution is 0.199. The molecule has 106 valence electrons. The summed E-state index contributed by atoms with van der Waals surface area (Å²) in [5.74, 6) is 0. The third kappa shape index (κ3) is 3.59. The van der Waals surface area contributed by atoms with Crippen LogP contribution >= 0.6 is 0 Å². The first-order valence-corrected chi connectivity index (χ1v) is 6.89. The van der Waals surface area contributed by atoms with Gasteiger partial charge >= 0.3 is 0 Å². The molecule has 20 heavy (non-hydrogen) atoms. The van der Waals surface area contributed by atoms with Crippen molar-refractivity contribution in [3.05, 3.63) is 65.7 Å². The fourth-order valence-electron chi connectivity index (χ4n) is 2.34. The summed E-state index contributed by atoms with van der Waals surface area (Å²) in [6.45, 7) is 3.10. The van der Waals surface area contributed by atoms with E-state index in [2.05, 4.69) is 17.0 Å². The van der Waals surface area contributed by atoms with E-state index in [-0.39, 0.29) is 6.61 Å². The molecule has 0 bridgehead atoms. The maximum atomic E-state index is 9.90. The van der Waals surface area contributed by atoms with Gasteiger partial charge in [-0.25, -0.2) is 0 Å². The Balaban J connectivity index is 2.29. The highest BCUT2D eigenvalue weighted by Gasteiger charge is 2.13. The standard InChI is InChI=1S/C17H21NO2/c1-14(20)16-9-5-6-10-17(16)18(11-12-19)13-15-7-3-2-4-8-15/h2-10,14,19-20H,11-13H2,1H3/t14-/m0/s1. The van der Waals surface area contributed by atoms with Gasteiger partial charge in [-0.1, -0.05) is 48.5 Å². The zero-order valence-corrected chi connectivity index (χ0v) is 11.7. The lowest BCUT2D eigenvalue weighted by atomic mass is 10.1. The Labute approximate surface area is 120 Å². The normalized spacial score (nSPS) is 12.2. The van der Waals surface area contributed by atoms with Gasteiger partial charge in [-0.05, 0) is 18.6 Å². The van der Waals surface area contributed by atoms with Gasteiger partial charge in [0.1, 0.15) is 0 Å². The molecule has 0 aliphatic heterocycles. The first-order valence-electron chi connectivity index (χ1n) is 6.89. The monoisotopic (exact) mass is 271 g/mol. The van der Waals surface area contributed by atoms with E-state index in [0.717, 1.165) is 11.3 Å². The lowest BCUT2D eigenvalue weighted by Gasteiger charge is -2.27. The van der Waals surface area contributed by atoms with E-state index in [1.165, 1.54) is 5.56 Å². The first kappa shape index (κ1) is 14.6. The molecule has 0 fully saturated rings. The molecule has 3 nitrogen and oxygen atoms in total. The third-order valence-electron chi connectivity index (χ3n) is 3.31. The predicted octanol–water partition coefficient (Wildman–Crippen LogP) is 2.74. The zero-order chi connectivity index (χ0) is 14.4. The molecule has 0 heterocycles. The second-order valence-electron chi connectivity index (χ2n) is 4.87. The van der Waals surface area contributed by atoms with Crippen LogP contribution in [0, 0.1) is 0 Å². The van der Waals surface area contributed by atoms with Crippen molar-refractivity contribution in [3.8, 4) is 0 Å². The van der Waals surface area contributed by atoms with Crippen LogP contribution in [-0.4, -0.2) is 23.4 Å². The average Bonchev–Trinajstić information content (AvgIpc) is 2.48. The number of anilines is 1. The van der Waals surface area contributed by atoms with E-state index in [1.54, 1.807) is 6.92 Å². The first-order chi connectivity index (χ1) is 9.72. The second-order valence-corrected chi connectivity index (χ2v) is 4.87. The molecule has 3 heteroatoms. The van der Waals surface area contributed by atoms with Gasteiger partial charge in [-0.2, -0.15) is 0 Å². The number of hydrogen-bond donors (Lipinski definition) is 2. The number of hydrogen-bond acceptors (Lipinski definition) is 3. The number of aliphatic hydroxyl groups is 2. The summed E-state index contributed by atoms with van der Waals surface area (Å²) in [6, 6.07) is 17.9. The Morgan fingerprint density at radius 3 is 2.30 bits per heavy atom. The molecule has 0 aliphatic rings. The van der Waals surface area contributed by atoms with E-state index in [1.807, 2.05) is 42.5 Å². The van der Waals surface area contributed by atoms with E-state index < -0.39 is 6.10 Å². The van der Waals surface area contributed by atoms with Crippen molar-refractivity contribution in [1.82, 2.24) is 0 Å². The molecule has 0 aromatic heterocycles. The van der Waals surface area contributed by atoms with Gasteiger partial charge in [0.15, 0.2) is 0 Å². The van der Waals surface area contributed by atoms with Crippen molar-refractivity contribution in [2.24, 2.45) is 0 Å². The van der Waals surface area contributed by atoms with Gasteiger partial charge in [0.25, 0.3) is 0 Å². The van der Waals surface area contributed by atoms with Gasteiger partial charge in [0.05, 0.1) is 12.7 Å². The zero-order valence-electron chi connectivity index (χ0n) is 11.7. The van der Waals surface area contributed by atoms with Gasteiger partial charge < -0.3 is 15.1 Å². The smallest absolute Gasteiger partial charge is 0.0781 e. The minimum atomic E-state index is -0.525. The summed E-state index contributed by atoms with van der Waals surface area (Å²) >= 11 is 0. The number of benzene rings is 2. The van der Waals surface area contributed by atoms with Crippen molar-refractivity contribution in [1.29, 1.82) is 0 Å². The highest BCUT2D eigenvalue weighted by atomic mass is 16.3. The van der Waals surface area contributed by atoms with Crippen LogP contribution < -0.4 is 4.90 Å². The van der Waals surface area contributed by atoms with Crippen LogP contribution in [0.5, 0.6) is 0 Å². The van der Waals surface area contributed by atoms with Gasteiger partial charge in [0.2, 0.25) is 0 Å². The third-order valence-corrected chi connectivity index (χ3v) is 3.31. The van der Waals surface area contributed by atoms with Gasteiger partial charge in [-0.3, -0.25) is 0 Å². The number of rotatable bonds is 6. The summed E-state index contributed by atoms with van der Waals surface area (Å²) in [7, 11) is 0. The maximum Gasteiger partial charge on any atom is 0.0781 e. The molecular formula is C17H21NO2. The molecule has 2 aromatic rings. The molecule has 2 aromatic carbocycles. The van der Waals surface area contributed by atoms with Crippen molar-refractivity contribution in [3.63, 3.8) is 0 Å². The SMILES string of the molecule is C[C@H](O)c1ccccc1N(CCO)Cc1ccccc1. The quantitative estimate of drug-likeness (QED) is 0.849. The van der Waals surface area contributed by atoms with E-state index in [9.17, 15) is 10.2 Å². The van der Waals surface area contributed by atoms with Crippen LogP contribution in [0.4, 0.5) is 5.69 Å². The highest BCUT2D eigenvalue weighted by molar-refractivity contribution is 5.55. The predicted molar refractivity (Wildman–Crippen MR) is 81.7 cm³/mol. The Kier molecular flexibility index (Phi) is 5.16. The Hall–Kier alpha value is -1.84. The Morgan fingerprint density at radius 1 is 1.00 bits per heavy atom. The summed E-state index contributed by atoms with van der Waals surface area (Å²) in [5.41, 5.74) is 3.04. The van der Waals surface area contributed by atoms with Crippen molar-refractivity contribution in [2.45, 2.75) is 19.6 Å². The molecule has 2 rings (SSSR count). The summed E-state index contributed by atoms with van der Waals surface area (Å²) in [6.07, 6.45) is -0.525. The fraction of sp³-hybridized carbons (Fsp3) is 0.294. The summed E-state index contributed by atoms with van der Waals surface area (Å²) < 4.78 is 0. The van der Waals surface area contributed by atoms with Gasteiger partial charge in [-0.15, -0.1) is 0 Å². The molecule has 1 atom stereocenters. The molecule has 0 saturated heterocycles. The summed E-state index contributed by atoms with van der Waals surface area (Å²) in [4.78, 5) is 2.09. The van der Waals surface area contributed by atoms with Crippen molar-refractivity contribution >= 4 is 5.69 Å². The minimum absolute atomic E-state index is 0.0843. The minimum Gasteiger partial charge on any atom is -0.395 e. The molecule has 0 unspecified atom stereocenters. The van der Waals surface area contributed by atoms with E-state index in [4.69, 9.17) is 0 Å². The molecule has 0 radical (unpaired) electrons. The van der Waals surface area contributed by atoms with Gasteiger partial charge in [0, 0.05) is 24.3 Å². The topological polar surface area (TPSA) is 43.7 Å². The van der Waals surface area contributed by atoms with Crippen LogP contribution in [0.3, 0.4) is 0 Å². The van der Waals surface area contributed by atoms with Crippen LogP contribution in [0.15, 0.2) is 54.6 Å². The molecule has 0 saturated carbocycles. The number of para-hydroxylation sites is 1. The lowest BCUT2D eigenvalue weighted by Crippen LogP contribution is -2.27. The fourth-order valence-corrected chi connectivity index (χ4v) is 2.34. The van der Waals surface area contributed by atoms with Crippen LogP contribution in [0.25, 0.3) is 0 Å². The van der Waals surface area contributed by atoms with E-state index >= 15 is 0 Å². The molecule has 0 spiro atoms. The largest absolute Gasteiger partial charge is 0.395 e. The average molecular weight is 271 g/mol. The number of aliphatic hydroxyl groups excluding tert-OH is 2. The molecule has 0 amide bonds. The molecular weight excluding hydrogens is 250 g/mol. The number of nitrogens with zero attached hydrogens (tertiary/aromatic N) is 1. The Morgan fingerprint density at radius 2 is 1.65 bits per heavy atom.